The van der Waals surface area contributed by atoms with Crippen LogP contribution in [0, 0.1) is 0 Å². The molecule has 0 radical (unpaired) electrons. The molecule has 0 bridgehead atoms. The molecule has 0 atom stereocenters. The molecule has 1 aliphatic heterocycles. The van der Waals surface area contributed by atoms with E-state index in [9.17, 15) is 14.4 Å². The van der Waals surface area contributed by atoms with Gasteiger partial charge in [-0.15, -0.1) is 0 Å². The predicted molar refractivity (Wildman–Crippen MR) is 95.5 cm³/mol. The Hall–Kier alpha value is -1.89. The van der Waals surface area contributed by atoms with E-state index in [1.807, 2.05) is 0 Å². The molecule has 8 heteroatoms. The Balaban J connectivity index is 1.85. The average molecular weight is 398 g/mol. The molecule has 1 heterocycles. The van der Waals surface area contributed by atoms with Crippen molar-refractivity contribution in [2.45, 2.75) is 19.3 Å². The fourth-order valence-electron chi connectivity index (χ4n) is 2.85. The lowest BCUT2D eigenvalue weighted by Gasteiger charge is -2.27. The fraction of sp³-hybridized carbons (Fsp3) is 0.389. The van der Waals surface area contributed by atoms with E-state index < -0.39 is 5.97 Å². The SMILES string of the molecule is O=C1C=C(OC(=O)c2ccc(Cl)c(C(=O)N3CCOCC3)c2Cl)CCC1. The third kappa shape index (κ3) is 4.09. The number of halogens is 2. The van der Waals surface area contributed by atoms with Crippen LogP contribution in [0.3, 0.4) is 0 Å². The van der Waals surface area contributed by atoms with Crippen molar-refractivity contribution in [2.75, 3.05) is 26.3 Å². The lowest BCUT2D eigenvalue weighted by molar-refractivity contribution is -0.115. The van der Waals surface area contributed by atoms with E-state index in [0.29, 0.717) is 51.3 Å². The summed E-state index contributed by atoms with van der Waals surface area (Å²) in [5.74, 6) is -0.851. The molecule has 0 spiro atoms. The van der Waals surface area contributed by atoms with Crippen molar-refractivity contribution in [1.82, 2.24) is 4.90 Å². The molecule has 1 aromatic rings. The monoisotopic (exact) mass is 397 g/mol. The third-order valence-corrected chi connectivity index (χ3v) is 4.92. The summed E-state index contributed by atoms with van der Waals surface area (Å²) in [6.07, 6.45) is 2.90. The van der Waals surface area contributed by atoms with Gasteiger partial charge in [-0.2, -0.15) is 0 Å². The lowest BCUT2D eigenvalue weighted by atomic mass is 10.0. The quantitative estimate of drug-likeness (QED) is 0.731. The zero-order chi connectivity index (χ0) is 18.7. The standard InChI is InChI=1S/C18H17Cl2NO5/c19-14-5-4-13(18(24)26-12-3-1-2-11(22)10-12)16(20)15(14)17(23)21-6-8-25-9-7-21/h4-5,10H,1-3,6-9H2. The average Bonchev–Trinajstić information content (AvgIpc) is 2.62. The van der Waals surface area contributed by atoms with Crippen molar-refractivity contribution in [3.8, 4) is 0 Å². The van der Waals surface area contributed by atoms with Crippen LogP contribution in [0.1, 0.15) is 40.0 Å². The zero-order valence-electron chi connectivity index (χ0n) is 13.9. The Morgan fingerprint density at radius 3 is 2.54 bits per heavy atom. The molecule has 3 rings (SSSR count). The molecule has 138 valence electrons. The van der Waals surface area contributed by atoms with E-state index in [1.165, 1.54) is 18.2 Å². The summed E-state index contributed by atoms with van der Waals surface area (Å²) in [4.78, 5) is 38.2. The maximum Gasteiger partial charge on any atom is 0.344 e. The number of ketones is 1. The highest BCUT2D eigenvalue weighted by Gasteiger charge is 2.27. The minimum atomic E-state index is -0.719. The molecular weight excluding hydrogens is 381 g/mol. The van der Waals surface area contributed by atoms with Gasteiger partial charge in [0, 0.05) is 32.0 Å². The van der Waals surface area contributed by atoms with Crippen LogP contribution in [0.25, 0.3) is 0 Å². The second-order valence-corrected chi connectivity index (χ2v) is 6.79. The van der Waals surface area contributed by atoms with Gasteiger partial charge >= 0.3 is 5.97 Å². The van der Waals surface area contributed by atoms with Gasteiger partial charge in [0.2, 0.25) is 0 Å². The first-order chi connectivity index (χ1) is 12.5. The molecule has 0 aromatic heterocycles. The molecule has 0 unspecified atom stereocenters. The second kappa shape index (κ2) is 8.20. The van der Waals surface area contributed by atoms with Crippen molar-refractivity contribution >= 4 is 40.9 Å². The number of allylic oxidation sites excluding steroid dienone is 2. The van der Waals surface area contributed by atoms with E-state index in [1.54, 1.807) is 4.90 Å². The van der Waals surface area contributed by atoms with Crippen LogP contribution < -0.4 is 0 Å². The summed E-state index contributed by atoms with van der Waals surface area (Å²) in [5, 5.41) is 0.108. The Bertz CT molecular complexity index is 784. The minimum absolute atomic E-state index is 0.0339. The number of benzene rings is 1. The van der Waals surface area contributed by atoms with E-state index in [0.717, 1.165) is 0 Å². The summed E-state index contributed by atoms with van der Waals surface area (Å²) in [6, 6.07) is 2.85. The predicted octanol–water partition coefficient (Wildman–Crippen LogP) is 3.26. The number of carbonyl (C=O) groups excluding carboxylic acids is 3. The number of rotatable bonds is 3. The van der Waals surface area contributed by atoms with Gasteiger partial charge in [-0.3, -0.25) is 9.59 Å². The Morgan fingerprint density at radius 1 is 1.12 bits per heavy atom. The van der Waals surface area contributed by atoms with Gasteiger partial charge in [0.05, 0.1) is 34.4 Å². The smallest absolute Gasteiger partial charge is 0.344 e. The summed E-state index contributed by atoms with van der Waals surface area (Å²) >= 11 is 12.5. The van der Waals surface area contributed by atoms with Crippen molar-refractivity contribution in [3.05, 3.63) is 45.1 Å². The molecule has 26 heavy (non-hydrogen) atoms. The van der Waals surface area contributed by atoms with Crippen LogP contribution in [0.2, 0.25) is 10.0 Å². The normalized spacial score (nSPS) is 17.7. The fourth-order valence-corrected chi connectivity index (χ4v) is 3.46. The third-order valence-electron chi connectivity index (χ3n) is 4.22. The number of amides is 1. The summed E-state index contributed by atoms with van der Waals surface area (Å²) in [5.41, 5.74) is 0.102. The first kappa shape index (κ1) is 18.9. The highest BCUT2D eigenvalue weighted by molar-refractivity contribution is 6.41. The van der Waals surface area contributed by atoms with Gasteiger partial charge in [0.1, 0.15) is 5.76 Å². The van der Waals surface area contributed by atoms with Gasteiger partial charge in [0.15, 0.2) is 5.78 Å². The number of hydrogen-bond donors (Lipinski definition) is 0. The topological polar surface area (TPSA) is 72.9 Å². The summed E-state index contributed by atoms with van der Waals surface area (Å²) in [7, 11) is 0. The van der Waals surface area contributed by atoms with Crippen LogP contribution in [0.15, 0.2) is 24.0 Å². The first-order valence-electron chi connectivity index (χ1n) is 8.28. The minimum Gasteiger partial charge on any atom is -0.427 e. The molecule has 1 aromatic carbocycles. The van der Waals surface area contributed by atoms with Crippen molar-refractivity contribution < 1.29 is 23.9 Å². The van der Waals surface area contributed by atoms with Crippen LogP contribution in [-0.4, -0.2) is 48.9 Å². The number of ether oxygens (including phenoxy) is 2. The van der Waals surface area contributed by atoms with Gasteiger partial charge in [-0.1, -0.05) is 23.2 Å². The van der Waals surface area contributed by atoms with Gasteiger partial charge in [-0.05, 0) is 18.6 Å². The molecular formula is C18H17Cl2NO5. The lowest BCUT2D eigenvalue weighted by Crippen LogP contribution is -2.41. The Kier molecular flexibility index (Phi) is 5.96. The van der Waals surface area contributed by atoms with Gasteiger partial charge in [-0.25, -0.2) is 4.79 Å². The Morgan fingerprint density at radius 2 is 1.85 bits per heavy atom. The molecule has 0 saturated carbocycles. The van der Waals surface area contributed by atoms with Crippen molar-refractivity contribution in [1.29, 1.82) is 0 Å². The number of esters is 1. The molecule has 1 amide bonds. The number of morpholine rings is 1. The second-order valence-electron chi connectivity index (χ2n) is 6.01. The zero-order valence-corrected chi connectivity index (χ0v) is 15.4. The molecule has 1 aliphatic carbocycles. The van der Waals surface area contributed by atoms with Crippen LogP contribution in [-0.2, 0) is 14.3 Å². The summed E-state index contributed by atoms with van der Waals surface area (Å²) < 4.78 is 10.5. The molecule has 6 nitrogen and oxygen atoms in total. The number of nitrogens with zero attached hydrogens (tertiary/aromatic N) is 1. The van der Waals surface area contributed by atoms with E-state index in [4.69, 9.17) is 32.7 Å². The van der Waals surface area contributed by atoms with Gasteiger partial charge < -0.3 is 14.4 Å². The first-order valence-corrected chi connectivity index (χ1v) is 9.03. The molecule has 0 N–H and O–H groups in total. The number of carbonyl (C=O) groups is 3. The van der Waals surface area contributed by atoms with Gasteiger partial charge in [0.25, 0.3) is 5.91 Å². The molecule has 1 saturated heterocycles. The highest BCUT2D eigenvalue weighted by Crippen LogP contribution is 2.31. The van der Waals surface area contributed by atoms with E-state index in [2.05, 4.69) is 0 Å². The molecule has 1 fully saturated rings. The van der Waals surface area contributed by atoms with E-state index >= 15 is 0 Å². The largest absolute Gasteiger partial charge is 0.427 e. The van der Waals surface area contributed by atoms with Crippen LogP contribution in [0.5, 0.6) is 0 Å². The maximum atomic E-state index is 12.7. The molecule has 2 aliphatic rings. The number of hydrogen-bond acceptors (Lipinski definition) is 5. The van der Waals surface area contributed by atoms with Crippen molar-refractivity contribution in [2.24, 2.45) is 0 Å². The Labute approximate surface area is 160 Å². The van der Waals surface area contributed by atoms with Crippen LogP contribution >= 0.6 is 23.2 Å². The highest BCUT2D eigenvalue weighted by atomic mass is 35.5. The maximum absolute atomic E-state index is 12.7. The van der Waals surface area contributed by atoms with Crippen molar-refractivity contribution in [3.63, 3.8) is 0 Å². The summed E-state index contributed by atoms with van der Waals surface area (Å²) in [6.45, 7) is 1.72. The van der Waals surface area contributed by atoms with E-state index in [-0.39, 0.29) is 32.9 Å². The van der Waals surface area contributed by atoms with Crippen LogP contribution in [0.4, 0.5) is 0 Å².